The highest BCUT2D eigenvalue weighted by atomic mass is 32.2. The molecule has 3 aromatic rings. The zero-order valence-electron chi connectivity index (χ0n) is 15.2. The van der Waals surface area contributed by atoms with Crippen molar-refractivity contribution in [2.75, 3.05) is 6.26 Å². The lowest BCUT2D eigenvalue weighted by Gasteiger charge is -2.08. The number of hydrogen-bond acceptors (Lipinski definition) is 3. The highest BCUT2D eigenvalue weighted by Gasteiger charge is 2.09. The highest BCUT2D eigenvalue weighted by molar-refractivity contribution is 7.89. The van der Waals surface area contributed by atoms with Gasteiger partial charge in [-0.15, -0.1) is 4.40 Å². The van der Waals surface area contributed by atoms with Gasteiger partial charge in [0.15, 0.2) is 0 Å². The predicted molar refractivity (Wildman–Crippen MR) is 111 cm³/mol. The number of benzene rings is 3. The van der Waals surface area contributed by atoms with E-state index in [2.05, 4.69) is 27.9 Å². The standard InChI is InChI=1S/C21H19N3O3S/c1-28(26,27)24-21(22)23-20(25)17-12-10-16(11-13-17)19-9-5-8-18(14-19)15-6-3-2-4-7-15/h2-14H,1H3,(H3,22,23,24,25). The number of sulfonamides is 1. The Hall–Kier alpha value is -3.45. The summed E-state index contributed by atoms with van der Waals surface area (Å²) in [7, 11) is -3.67. The molecule has 0 fully saturated rings. The molecule has 0 aliphatic rings. The molecule has 142 valence electrons. The first kappa shape index (κ1) is 19.3. The molecular formula is C21H19N3O3S. The summed E-state index contributed by atoms with van der Waals surface area (Å²) in [4.78, 5) is 12.2. The molecule has 28 heavy (non-hydrogen) atoms. The smallest absolute Gasteiger partial charge is 0.257 e. The van der Waals surface area contributed by atoms with Gasteiger partial charge in [0.25, 0.3) is 15.9 Å². The minimum absolute atomic E-state index is 0.342. The Bertz CT molecular complexity index is 1120. The molecule has 3 aromatic carbocycles. The number of guanidine groups is 1. The first-order chi connectivity index (χ1) is 13.3. The van der Waals surface area contributed by atoms with E-state index in [0.717, 1.165) is 28.5 Å². The maximum absolute atomic E-state index is 12.2. The molecule has 1 amide bonds. The van der Waals surface area contributed by atoms with E-state index in [4.69, 9.17) is 5.73 Å². The SMILES string of the molecule is CS(=O)(=O)/N=C(\N)NC(=O)c1ccc(-c2cccc(-c3ccccc3)c2)cc1. The van der Waals surface area contributed by atoms with Gasteiger partial charge in [-0.05, 0) is 40.5 Å². The Morgan fingerprint density at radius 2 is 1.36 bits per heavy atom. The average molecular weight is 393 g/mol. The van der Waals surface area contributed by atoms with E-state index < -0.39 is 21.9 Å². The lowest BCUT2D eigenvalue weighted by atomic mass is 9.98. The monoisotopic (exact) mass is 393 g/mol. The van der Waals surface area contributed by atoms with Gasteiger partial charge in [0.05, 0.1) is 6.26 Å². The summed E-state index contributed by atoms with van der Waals surface area (Å²) in [5.74, 6) is -0.998. The number of carbonyl (C=O) groups is 1. The maximum atomic E-state index is 12.2. The van der Waals surface area contributed by atoms with Crippen molar-refractivity contribution in [1.29, 1.82) is 0 Å². The van der Waals surface area contributed by atoms with E-state index in [-0.39, 0.29) is 0 Å². The normalized spacial score (nSPS) is 11.8. The van der Waals surface area contributed by atoms with Crippen LogP contribution >= 0.6 is 0 Å². The van der Waals surface area contributed by atoms with Gasteiger partial charge >= 0.3 is 0 Å². The molecule has 0 aromatic heterocycles. The molecule has 0 aliphatic heterocycles. The molecule has 0 radical (unpaired) electrons. The van der Waals surface area contributed by atoms with Crippen LogP contribution in [0.3, 0.4) is 0 Å². The number of nitrogens with zero attached hydrogens (tertiary/aromatic N) is 1. The second kappa shape index (κ2) is 8.06. The maximum Gasteiger partial charge on any atom is 0.257 e. The Morgan fingerprint density at radius 1 is 0.821 bits per heavy atom. The van der Waals surface area contributed by atoms with Gasteiger partial charge in [0.1, 0.15) is 0 Å². The van der Waals surface area contributed by atoms with Crippen LogP contribution in [0.1, 0.15) is 10.4 Å². The van der Waals surface area contributed by atoms with Gasteiger partial charge in [-0.1, -0.05) is 60.7 Å². The van der Waals surface area contributed by atoms with Gasteiger partial charge in [-0.25, -0.2) is 8.42 Å². The van der Waals surface area contributed by atoms with Crippen LogP contribution in [0.5, 0.6) is 0 Å². The van der Waals surface area contributed by atoms with Gasteiger partial charge in [0, 0.05) is 5.56 Å². The summed E-state index contributed by atoms with van der Waals surface area (Å²) in [6.45, 7) is 0. The van der Waals surface area contributed by atoms with E-state index in [0.29, 0.717) is 5.56 Å². The average Bonchev–Trinajstić information content (AvgIpc) is 2.67. The fourth-order valence-corrected chi connectivity index (χ4v) is 3.12. The van der Waals surface area contributed by atoms with Gasteiger partial charge in [-0.2, -0.15) is 0 Å². The van der Waals surface area contributed by atoms with Crippen LogP contribution in [0.2, 0.25) is 0 Å². The zero-order chi connectivity index (χ0) is 20.1. The van der Waals surface area contributed by atoms with Gasteiger partial charge < -0.3 is 5.73 Å². The molecule has 0 unspecified atom stereocenters. The van der Waals surface area contributed by atoms with Crippen molar-refractivity contribution < 1.29 is 13.2 Å². The number of hydrogen-bond donors (Lipinski definition) is 2. The Kier molecular flexibility index (Phi) is 5.56. The summed E-state index contributed by atoms with van der Waals surface area (Å²) >= 11 is 0. The predicted octanol–water partition coefficient (Wildman–Crippen LogP) is 3.02. The number of nitrogens with two attached hydrogens (primary N) is 1. The van der Waals surface area contributed by atoms with E-state index in [1.807, 2.05) is 48.5 Å². The minimum Gasteiger partial charge on any atom is -0.369 e. The van der Waals surface area contributed by atoms with Crippen molar-refractivity contribution in [2.24, 2.45) is 10.1 Å². The summed E-state index contributed by atoms with van der Waals surface area (Å²) in [5, 5.41) is 2.25. The van der Waals surface area contributed by atoms with Crippen molar-refractivity contribution >= 4 is 21.9 Å². The van der Waals surface area contributed by atoms with Crippen LogP contribution in [0.25, 0.3) is 22.3 Å². The lowest BCUT2D eigenvalue weighted by molar-refractivity contribution is 0.0977. The highest BCUT2D eigenvalue weighted by Crippen LogP contribution is 2.26. The number of carbonyl (C=O) groups excluding carboxylic acids is 1. The molecule has 7 heteroatoms. The quantitative estimate of drug-likeness (QED) is 0.525. The number of amides is 1. The molecule has 0 atom stereocenters. The van der Waals surface area contributed by atoms with Crippen molar-refractivity contribution in [3.8, 4) is 22.3 Å². The largest absolute Gasteiger partial charge is 0.369 e. The molecule has 0 saturated heterocycles. The molecular weight excluding hydrogens is 374 g/mol. The summed E-state index contributed by atoms with van der Waals surface area (Å²) in [5.41, 5.74) is 9.97. The van der Waals surface area contributed by atoms with Crippen molar-refractivity contribution in [1.82, 2.24) is 5.32 Å². The molecule has 0 aliphatic carbocycles. The second-order valence-electron chi connectivity index (χ2n) is 6.19. The Balaban J connectivity index is 1.80. The summed E-state index contributed by atoms with van der Waals surface area (Å²) < 4.78 is 25.4. The molecule has 0 bridgehead atoms. The first-order valence-electron chi connectivity index (χ1n) is 8.44. The first-order valence-corrected chi connectivity index (χ1v) is 10.3. The molecule has 0 saturated carbocycles. The molecule has 6 nitrogen and oxygen atoms in total. The van der Waals surface area contributed by atoms with Gasteiger partial charge in [0.2, 0.25) is 5.96 Å². The minimum atomic E-state index is -3.67. The lowest BCUT2D eigenvalue weighted by Crippen LogP contribution is -2.37. The third kappa shape index (κ3) is 5.05. The fraction of sp³-hybridized carbons (Fsp3) is 0.0476. The van der Waals surface area contributed by atoms with Crippen LogP contribution in [-0.4, -0.2) is 26.5 Å². The summed E-state index contributed by atoms with van der Waals surface area (Å²) in [6, 6.07) is 25.1. The Morgan fingerprint density at radius 3 is 1.93 bits per heavy atom. The van der Waals surface area contributed by atoms with Gasteiger partial charge in [-0.3, -0.25) is 10.1 Å². The third-order valence-electron chi connectivity index (χ3n) is 3.96. The van der Waals surface area contributed by atoms with E-state index >= 15 is 0 Å². The Labute approximate surface area is 163 Å². The fourth-order valence-electron chi connectivity index (χ4n) is 2.71. The van der Waals surface area contributed by atoms with Crippen LogP contribution in [0.15, 0.2) is 83.3 Å². The van der Waals surface area contributed by atoms with Crippen molar-refractivity contribution in [3.05, 3.63) is 84.4 Å². The van der Waals surface area contributed by atoms with Crippen LogP contribution in [0, 0.1) is 0 Å². The zero-order valence-corrected chi connectivity index (χ0v) is 16.0. The second-order valence-corrected chi connectivity index (χ2v) is 7.84. The van der Waals surface area contributed by atoms with E-state index in [1.54, 1.807) is 12.1 Å². The number of rotatable bonds is 4. The third-order valence-corrected chi connectivity index (χ3v) is 4.48. The topological polar surface area (TPSA) is 102 Å². The van der Waals surface area contributed by atoms with Crippen molar-refractivity contribution in [2.45, 2.75) is 0 Å². The molecule has 0 spiro atoms. The van der Waals surface area contributed by atoms with Crippen molar-refractivity contribution in [3.63, 3.8) is 0 Å². The van der Waals surface area contributed by atoms with Crippen LogP contribution < -0.4 is 11.1 Å². The van der Waals surface area contributed by atoms with Crippen LogP contribution in [-0.2, 0) is 10.0 Å². The molecule has 3 N–H and O–H groups in total. The number of nitrogens with one attached hydrogen (secondary N) is 1. The summed E-state index contributed by atoms with van der Waals surface area (Å²) in [6.07, 6.45) is 0.893. The molecule has 3 rings (SSSR count). The van der Waals surface area contributed by atoms with E-state index in [1.165, 1.54) is 0 Å². The van der Waals surface area contributed by atoms with E-state index in [9.17, 15) is 13.2 Å². The van der Waals surface area contributed by atoms with Crippen LogP contribution in [0.4, 0.5) is 0 Å². The molecule has 0 heterocycles.